The molecule has 0 aliphatic carbocycles. The third-order valence-electron chi connectivity index (χ3n) is 4.28. The molecule has 7 nitrogen and oxygen atoms in total. The molecule has 2 aromatic rings. The van der Waals surface area contributed by atoms with Gasteiger partial charge < -0.3 is 10.1 Å². The number of piperidine rings is 1. The Labute approximate surface area is 154 Å². The van der Waals surface area contributed by atoms with Crippen LogP contribution in [0.3, 0.4) is 0 Å². The molecule has 8 heteroatoms. The Balaban J connectivity index is 1.66. The van der Waals surface area contributed by atoms with Crippen molar-refractivity contribution in [3.8, 4) is 5.88 Å². The maximum absolute atomic E-state index is 12.6. The lowest BCUT2D eigenvalue weighted by Gasteiger charge is -2.25. The predicted octanol–water partition coefficient (Wildman–Crippen LogP) is 2.66. The predicted molar refractivity (Wildman–Crippen MR) is 99.6 cm³/mol. The van der Waals surface area contributed by atoms with Gasteiger partial charge in [-0.2, -0.15) is 4.31 Å². The fourth-order valence-corrected chi connectivity index (χ4v) is 4.37. The molecule has 1 fully saturated rings. The minimum absolute atomic E-state index is 0.237. The second-order valence-electron chi connectivity index (χ2n) is 6.10. The number of hydrogen-bond acceptors (Lipinski definition) is 6. The molecule has 0 aromatic carbocycles. The van der Waals surface area contributed by atoms with Crippen LogP contribution in [0.4, 0.5) is 5.82 Å². The van der Waals surface area contributed by atoms with Crippen LogP contribution in [0.15, 0.2) is 41.6 Å². The molecule has 0 spiro atoms. The number of rotatable bonds is 7. The highest BCUT2D eigenvalue weighted by Crippen LogP contribution is 2.21. The van der Waals surface area contributed by atoms with Gasteiger partial charge in [-0.05, 0) is 38.0 Å². The normalized spacial score (nSPS) is 15.6. The van der Waals surface area contributed by atoms with Crippen molar-refractivity contribution in [2.24, 2.45) is 0 Å². The summed E-state index contributed by atoms with van der Waals surface area (Å²) in [6.45, 7) is 4.13. The van der Waals surface area contributed by atoms with Crippen molar-refractivity contribution in [1.82, 2.24) is 14.3 Å². The molecule has 0 amide bonds. The number of ether oxygens (including phenoxy) is 1. The first-order valence-electron chi connectivity index (χ1n) is 8.88. The molecule has 3 rings (SSSR count). The third kappa shape index (κ3) is 4.31. The van der Waals surface area contributed by atoms with E-state index in [0.29, 0.717) is 37.9 Å². The number of nitrogens with zero attached hydrogens (tertiary/aromatic N) is 3. The second-order valence-corrected chi connectivity index (χ2v) is 8.04. The van der Waals surface area contributed by atoms with E-state index in [2.05, 4.69) is 15.3 Å². The van der Waals surface area contributed by atoms with E-state index in [0.717, 1.165) is 24.8 Å². The largest absolute Gasteiger partial charge is 0.478 e. The van der Waals surface area contributed by atoms with Gasteiger partial charge in [0, 0.05) is 37.6 Å². The SMILES string of the molecule is CCOc1ncccc1CNc1ccc(S(=O)(=O)N2CCCCC2)cn1. The van der Waals surface area contributed by atoms with Gasteiger partial charge in [0.1, 0.15) is 10.7 Å². The van der Waals surface area contributed by atoms with Crippen molar-refractivity contribution in [2.45, 2.75) is 37.6 Å². The van der Waals surface area contributed by atoms with Crippen LogP contribution in [0.25, 0.3) is 0 Å². The lowest BCUT2D eigenvalue weighted by molar-refractivity contribution is 0.323. The molecule has 0 radical (unpaired) electrons. The molecule has 1 N–H and O–H groups in total. The van der Waals surface area contributed by atoms with Gasteiger partial charge in [0.25, 0.3) is 0 Å². The van der Waals surface area contributed by atoms with Crippen LogP contribution < -0.4 is 10.1 Å². The third-order valence-corrected chi connectivity index (χ3v) is 6.16. The molecular formula is C18H24N4O3S. The number of aromatic nitrogens is 2. The Hall–Kier alpha value is -2.19. The van der Waals surface area contributed by atoms with Gasteiger partial charge in [0.2, 0.25) is 15.9 Å². The van der Waals surface area contributed by atoms with E-state index < -0.39 is 10.0 Å². The maximum Gasteiger partial charge on any atom is 0.244 e. The monoisotopic (exact) mass is 376 g/mol. The number of sulfonamides is 1. The molecular weight excluding hydrogens is 352 g/mol. The summed E-state index contributed by atoms with van der Waals surface area (Å²) in [5.41, 5.74) is 0.918. The quantitative estimate of drug-likeness (QED) is 0.800. The van der Waals surface area contributed by atoms with E-state index in [1.165, 1.54) is 6.20 Å². The summed E-state index contributed by atoms with van der Waals surface area (Å²) < 4.78 is 32.3. The van der Waals surface area contributed by atoms with E-state index in [4.69, 9.17) is 4.74 Å². The number of hydrogen-bond donors (Lipinski definition) is 1. The van der Waals surface area contributed by atoms with Gasteiger partial charge in [-0.3, -0.25) is 0 Å². The summed E-state index contributed by atoms with van der Waals surface area (Å²) >= 11 is 0. The fraction of sp³-hybridized carbons (Fsp3) is 0.444. The van der Waals surface area contributed by atoms with E-state index in [-0.39, 0.29) is 4.90 Å². The smallest absolute Gasteiger partial charge is 0.244 e. The first-order chi connectivity index (χ1) is 12.6. The molecule has 0 bridgehead atoms. The molecule has 2 aromatic heterocycles. The van der Waals surface area contributed by atoms with Gasteiger partial charge in [0.05, 0.1) is 6.61 Å². The van der Waals surface area contributed by atoms with Gasteiger partial charge in [-0.1, -0.05) is 12.5 Å². The minimum atomic E-state index is -3.45. The highest BCUT2D eigenvalue weighted by molar-refractivity contribution is 7.89. The Morgan fingerprint density at radius 1 is 1.15 bits per heavy atom. The summed E-state index contributed by atoms with van der Waals surface area (Å²) in [6.07, 6.45) is 6.02. The fourth-order valence-electron chi connectivity index (χ4n) is 2.90. The van der Waals surface area contributed by atoms with E-state index in [9.17, 15) is 8.42 Å². The second kappa shape index (κ2) is 8.46. The van der Waals surface area contributed by atoms with Crippen LogP contribution in [-0.2, 0) is 16.6 Å². The standard InChI is InChI=1S/C18H24N4O3S/c1-2-25-18-15(7-6-10-19-18)13-20-17-9-8-16(14-21-17)26(23,24)22-11-4-3-5-12-22/h6-10,14H,2-5,11-13H2,1H3,(H,20,21). The van der Waals surface area contributed by atoms with Crippen molar-refractivity contribution in [2.75, 3.05) is 25.0 Å². The van der Waals surface area contributed by atoms with E-state index in [1.54, 1.807) is 22.6 Å². The Morgan fingerprint density at radius 3 is 2.65 bits per heavy atom. The molecule has 0 atom stereocenters. The summed E-state index contributed by atoms with van der Waals surface area (Å²) in [5, 5.41) is 3.18. The molecule has 140 valence electrons. The summed E-state index contributed by atoms with van der Waals surface area (Å²) in [4.78, 5) is 8.70. The van der Waals surface area contributed by atoms with Gasteiger partial charge >= 0.3 is 0 Å². The van der Waals surface area contributed by atoms with Gasteiger partial charge in [-0.15, -0.1) is 0 Å². The Kier molecular flexibility index (Phi) is 6.05. The number of nitrogens with one attached hydrogen (secondary N) is 1. The van der Waals surface area contributed by atoms with Gasteiger partial charge in [-0.25, -0.2) is 18.4 Å². The van der Waals surface area contributed by atoms with Crippen molar-refractivity contribution in [3.05, 3.63) is 42.2 Å². The molecule has 1 aliphatic rings. The molecule has 3 heterocycles. The minimum Gasteiger partial charge on any atom is -0.478 e. The van der Waals surface area contributed by atoms with E-state index in [1.807, 2.05) is 19.1 Å². The lowest BCUT2D eigenvalue weighted by Crippen LogP contribution is -2.35. The first kappa shape index (κ1) is 18.6. The van der Waals surface area contributed by atoms with Crippen LogP contribution in [0, 0.1) is 0 Å². The van der Waals surface area contributed by atoms with Crippen LogP contribution in [0.5, 0.6) is 5.88 Å². The zero-order valence-electron chi connectivity index (χ0n) is 14.9. The zero-order chi connectivity index (χ0) is 18.4. The van der Waals surface area contributed by atoms with Crippen molar-refractivity contribution >= 4 is 15.8 Å². The average molecular weight is 376 g/mol. The molecule has 1 aliphatic heterocycles. The molecule has 1 saturated heterocycles. The summed E-state index contributed by atoms with van der Waals surface area (Å²) in [6, 6.07) is 7.07. The van der Waals surface area contributed by atoms with Crippen molar-refractivity contribution in [3.63, 3.8) is 0 Å². The van der Waals surface area contributed by atoms with Crippen molar-refractivity contribution in [1.29, 1.82) is 0 Å². The summed E-state index contributed by atoms with van der Waals surface area (Å²) in [7, 11) is -3.45. The van der Waals surface area contributed by atoms with Crippen LogP contribution in [0.2, 0.25) is 0 Å². The number of anilines is 1. The molecule has 26 heavy (non-hydrogen) atoms. The highest BCUT2D eigenvalue weighted by atomic mass is 32.2. The summed E-state index contributed by atoms with van der Waals surface area (Å²) in [5.74, 6) is 1.20. The average Bonchev–Trinajstić information content (AvgIpc) is 2.68. The highest BCUT2D eigenvalue weighted by Gasteiger charge is 2.26. The van der Waals surface area contributed by atoms with E-state index >= 15 is 0 Å². The Morgan fingerprint density at radius 2 is 1.96 bits per heavy atom. The van der Waals surface area contributed by atoms with Crippen LogP contribution in [0.1, 0.15) is 31.7 Å². The van der Waals surface area contributed by atoms with Crippen molar-refractivity contribution < 1.29 is 13.2 Å². The molecule has 0 unspecified atom stereocenters. The van der Waals surface area contributed by atoms with Crippen LogP contribution in [-0.4, -0.2) is 42.4 Å². The van der Waals surface area contributed by atoms with Crippen LogP contribution >= 0.6 is 0 Å². The zero-order valence-corrected chi connectivity index (χ0v) is 15.7. The van der Waals surface area contributed by atoms with Gasteiger partial charge in [0.15, 0.2) is 0 Å². The Bertz CT molecular complexity index is 819. The lowest BCUT2D eigenvalue weighted by atomic mass is 10.2. The number of pyridine rings is 2. The first-order valence-corrected chi connectivity index (χ1v) is 10.3. The molecule has 0 saturated carbocycles. The topological polar surface area (TPSA) is 84.4 Å². The maximum atomic E-state index is 12.6.